The van der Waals surface area contributed by atoms with Crippen LogP contribution in [0.5, 0.6) is 0 Å². The van der Waals surface area contributed by atoms with E-state index >= 15 is 0 Å². The Morgan fingerprint density at radius 3 is 2.12 bits per heavy atom. The molecule has 3 nitrogen and oxygen atoms in total. The first-order valence-corrected chi connectivity index (χ1v) is 8.38. The summed E-state index contributed by atoms with van der Waals surface area (Å²) in [6, 6.07) is 13.1. The van der Waals surface area contributed by atoms with Gasteiger partial charge in [-0.05, 0) is 41.8 Å². The second-order valence-electron chi connectivity index (χ2n) is 6.20. The summed E-state index contributed by atoms with van der Waals surface area (Å²) < 4.78 is 40.0. The summed E-state index contributed by atoms with van der Waals surface area (Å²) in [5.74, 6) is 0. The maximum absolute atomic E-state index is 12.6. The molecule has 0 spiro atoms. The van der Waals surface area contributed by atoms with Crippen LogP contribution in [-0.4, -0.2) is 23.1 Å². The van der Waals surface area contributed by atoms with Gasteiger partial charge in [0, 0.05) is 38.2 Å². The van der Waals surface area contributed by atoms with E-state index in [1.807, 2.05) is 42.1 Å². The summed E-state index contributed by atoms with van der Waals surface area (Å²) >= 11 is 0. The van der Waals surface area contributed by atoms with Crippen molar-refractivity contribution in [3.05, 3.63) is 72.8 Å². The van der Waals surface area contributed by atoms with Crippen LogP contribution in [0.1, 0.15) is 12.0 Å². The van der Waals surface area contributed by atoms with Gasteiger partial charge in [-0.2, -0.15) is 13.2 Å². The third-order valence-corrected chi connectivity index (χ3v) is 4.32. The van der Waals surface area contributed by atoms with Gasteiger partial charge in [0.15, 0.2) is 0 Å². The van der Waals surface area contributed by atoms with Crippen molar-refractivity contribution in [1.29, 1.82) is 0 Å². The number of benzene rings is 2. The van der Waals surface area contributed by atoms with Crippen molar-refractivity contribution in [3.63, 3.8) is 0 Å². The predicted molar refractivity (Wildman–Crippen MR) is 97.0 cm³/mol. The quantitative estimate of drug-likeness (QED) is 0.611. The first-order chi connectivity index (χ1) is 12.4. The first kappa shape index (κ1) is 18.0. The van der Waals surface area contributed by atoms with Gasteiger partial charge in [-0.15, -0.1) is 0 Å². The van der Waals surface area contributed by atoms with E-state index in [0.29, 0.717) is 0 Å². The van der Waals surface area contributed by atoms with Crippen molar-refractivity contribution in [1.82, 2.24) is 9.55 Å². The van der Waals surface area contributed by atoms with E-state index in [0.717, 1.165) is 48.5 Å². The lowest BCUT2D eigenvalue weighted by Crippen LogP contribution is -2.19. The summed E-state index contributed by atoms with van der Waals surface area (Å²) in [7, 11) is 2.03. The molecule has 0 fully saturated rings. The second-order valence-corrected chi connectivity index (χ2v) is 6.20. The fraction of sp³-hybridized carbons (Fsp3) is 0.250. The molecule has 0 atom stereocenters. The molecule has 0 saturated heterocycles. The molecule has 0 saturated carbocycles. The smallest absolute Gasteiger partial charge is 0.375 e. The number of anilines is 1. The maximum Gasteiger partial charge on any atom is 0.416 e. The predicted octanol–water partition coefficient (Wildman–Crippen LogP) is 5.10. The van der Waals surface area contributed by atoms with Crippen LogP contribution in [-0.2, 0) is 12.7 Å². The van der Waals surface area contributed by atoms with Crippen molar-refractivity contribution in [2.75, 3.05) is 18.5 Å². The van der Waals surface area contributed by atoms with Gasteiger partial charge in [0.1, 0.15) is 0 Å². The molecule has 136 valence electrons. The lowest BCUT2D eigenvalue weighted by Gasteiger charge is -2.19. The highest BCUT2D eigenvalue weighted by atomic mass is 19.4. The van der Waals surface area contributed by atoms with E-state index in [4.69, 9.17) is 0 Å². The van der Waals surface area contributed by atoms with Gasteiger partial charge in [0.25, 0.3) is 0 Å². The molecule has 3 rings (SSSR count). The highest BCUT2D eigenvalue weighted by Gasteiger charge is 2.29. The van der Waals surface area contributed by atoms with Gasteiger partial charge in [-0.3, -0.25) is 0 Å². The number of hydrogen-bond acceptors (Lipinski definition) is 2. The summed E-state index contributed by atoms with van der Waals surface area (Å²) in [5, 5.41) is 0. The largest absolute Gasteiger partial charge is 0.416 e. The molecule has 1 heterocycles. The van der Waals surface area contributed by atoms with Gasteiger partial charge in [0.05, 0.1) is 11.9 Å². The van der Waals surface area contributed by atoms with Gasteiger partial charge >= 0.3 is 6.18 Å². The van der Waals surface area contributed by atoms with Crippen molar-refractivity contribution in [3.8, 4) is 11.1 Å². The van der Waals surface area contributed by atoms with Crippen molar-refractivity contribution in [2.24, 2.45) is 0 Å². The monoisotopic (exact) mass is 359 g/mol. The van der Waals surface area contributed by atoms with Crippen molar-refractivity contribution in [2.45, 2.75) is 19.1 Å². The summed E-state index contributed by atoms with van der Waals surface area (Å²) in [4.78, 5) is 6.18. The van der Waals surface area contributed by atoms with Gasteiger partial charge < -0.3 is 9.47 Å². The minimum atomic E-state index is -4.30. The molecular weight excluding hydrogens is 339 g/mol. The maximum atomic E-state index is 12.6. The molecule has 0 aliphatic carbocycles. The summed E-state index contributed by atoms with van der Waals surface area (Å²) in [5.41, 5.74) is 2.11. The van der Waals surface area contributed by atoms with E-state index in [1.54, 1.807) is 12.5 Å². The number of imidazole rings is 1. The zero-order valence-corrected chi connectivity index (χ0v) is 14.4. The zero-order valence-electron chi connectivity index (χ0n) is 14.4. The Morgan fingerprint density at radius 1 is 0.962 bits per heavy atom. The van der Waals surface area contributed by atoms with Gasteiger partial charge in [-0.25, -0.2) is 4.98 Å². The zero-order chi connectivity index (χ0) is 18.6. The first-order valence-electron chi connectivity index (χ1n) is 8.38. The van der Waals surface area contributed by atoms with E-state index in [1.165, 1.54) is 12.1 Å². The Labute approximate surface area is 150 Å². The van der Waals surface area contributed by atoms with Crippen LogP contribution >= 0.6 is 0 Å². The average molecular weight is 359 g/mol. The van der Waals surface area contributed by atoms with Gasteiger partial charge in [-0.1, -0.05) is 24.3 Å². The summed E-state index contributed by atoms with van der Waals surface area (Å²) in [6.45, 7) is 1.81. The van der Waals surface area contributed by atoms with Crippen LogP contribution in [0.4, 0.5) is 18.9 Å². The molecule has 0 amide bonds. The molecule has 3 aromatic rings. The number of hydrogen-bond donors (Lipinski definition) is 0. The molecule has 0 radical (unpaired) electrons. The highest BCUT2D eigenvalue weighted by Crippen LogP contribution is 2.31. The molecule has 0 N–H and O–H groups in total. The van der Waals surface area contributed by atoms with E-state index in [9.17, 15) is 13.2 Å². The minimum absolute atomic E-state index is 0.629. The number of alkyl halides is 3. The molecule has 6 heteroatoms. The average Bonchev–Trinajstić information content (AvgIpc) is 3.15. The molecule has 0 aliphatic rings. The van der Waals surface area contributed by atoms with Crippen LogP contribution in [0.2, 0.25) is 0 Å². The standard InChI is InChI=1S/C20H20F3N3/c1-25(12-2-13-26-14-11-24-15-26)19-9-5-17(6-10-19)16-3-7-18(8-4-16)20(21,22)23/h3-11,14-15H,2,12-13H2,1H3. The fourth-order valence-electron chi connectivity index (χ4n) is 2.80. The van der Waals surface area contributed by atoms with E-state index in [-0.39, 0.29) is 0 Å². The Kier molecular flexibility index (Phi) is 5.30. The third kappa shape index (κ3) is 4.45. The lowest BCUT2D eigenvalue weighted by molar-refractivity contribution is -0.137. The molecule has 0 bridgehead atoms. The molecule has 0 aliphatic heterocycles. The van der Waals surface area contributed by atoms with Crippen LogP contribution in [0.15, 0.2) is 67.3 Å². The Hall–Kier alpha value is -2.76. The minimum Gasteiger partial charge on any atom is -0.375 e. The van der Waals surface area contributed by atoms with E-state index < -0.39 is 11.7 Å². The van der Waals surface area contributed by atoms with Gasteiger partial charge in [0.2, 0.25) is 0 Å². The van der Waals surface area contributed by atoms with Crippen molar-refractivity contribution >= 4 is 5.69 Å². The number of aromatic nitrogens is 2. The molecular formula is C20H20F3N3. The highest BCUT2D eigenvalue weighted by molar-refractivity contribution is 5.66. The number of nitrogens with zero attached hydrogens (tertiary/aromatic N) is 3. The number of halogens is 3. The van der Waals surface area contributed by atoms with Crippen LogP contribution < -0.4 is 4.90 Å². The normalized spacial score (nSPS) is 11.5. The Balaban J connectivity index is 1.60. The summed E-state index contributed by atoms with van der Waals surface area (Å²) in [6.07, 6.45) is 2.21. The SMILES string of the molecule is CN(CCCn1ccnc1)c1ccc(-c2ccc(C(F)(F)F)cc2)cc1. The Morgan fingerprint density at radius 2 is 1.58 bits per heavy atom. The molecule has 26 heavy (non-hydrogen) atoms. The topological polar surface area (TPSA) is 21.1 Å². The van der Waals surface area contributed by atoms with E-state index in [2.05, 4.69) is 9.88 Å². The third-order valence-electron chi connectivity index (χ3n) is 4.32. The number of aryl methyl sites for hydroxylation is 1. The molecule has 0 unspecified atom stereocenters. The molecule has 2 aromatic carbocycles. The van der Waals surface area contributed by atoms with Crippen molar-refractivity contribution < 1.29 is 13.2 Å². The van der Waals surface area contributed by atoms with Crippen LogP contribution in [0.3, 0.4) is 0 Å². The van der Waals surface area contributed by atoms with Crippen LogP contribution in [0, 0.1) is 0 Å². The Bertz CT molecular complexity index is 807. The second kappa shape index (κ2) is 7.64. The van der Waals surface area contributed by atoms with Crippen LogP contribution in [0.25, 0.3) is 11.1 Å². The lowest BCUT2D eigenvalue weighted by atomic mass is 10.0. The fourth-order valence-corrected chi connectivity index (χ4v) is 2.80. The number of rotatable bonds is 6. The molecule has 1 aromatic heterocycles.